The molecular weight excluding hydrogens is 312 g/mol. The first kappa shape index (κ1) is 18.1. The summed E-state index contributed by atoms with van der Waals surface area (Å²) in [5, 5.41) is 10.7. The van der Waals surface area contributed by atoms with Crippen molar-refractivity contribution in [2.45, 2.75) is 44.5 Å². The lowest BCUT2D eigenvalue weighted by Gasteiger charge is -2.42. The summed E-state index contributed by atoms with van der Waals surface area (Å²) in [5.41, 5.74) is 1.98. The van der Waals surface area contributed by atoms with E-state index in [0.717, 1.165) is 11.1 Å². The molecular formula is C22H28O3. The number of aliphatic hydroxyl groups is 1. The zero-order chi connectivity index (χ0) is 17.9. The largest absolute Gasteiger partial charge is 0.390 e. The topological polar surface area (TPSA) is 38.7 Å². The van der Waals surface area contributed by atoms with Crippen LogP contribution in [0.3, 0.4) is 0 Å². The van der Waals surface area contributed by atoms with E-state index in [1.165, 1.54) is 0 Å². The van der Waals surface area contributed by atoms with Crippen LogP contribution in [0.15, 0.2) is 60.7 Å². The van der Waals surface area contributed by atoms with Gasteiger partial charge in [0.25, 0.3) is 0 Å². The van der Waals surface area contributed by atoms with E-state index in [4.69, 9.17) is 9.47 Å². The molecule has 0 spiro atoms. The normalized spacial score (nSPS) is 25.5. The lowest BCUT2D eigenvalue weighted by Crippen LogP contribution is -2.42. The molecule has 1 unspecified atom stereocenters. The van der Waals surface area contributed by atoms with Crippen molar-refractivity contribution in [1.82, 2.24) is 0 Å². The molecule has 3 nitrogen and oxygen atoms in total. The average Bonchev–Trinajstić information content (AvgIpc) is 2.60. The van der Waals surface area contributed by atoms with Crippen LogP contribution in [0.4, 0.5) is 0 Å². The fourth-order valence-electron chi connectivity index (χ4n) is 3.66. The lowest BCUT2D eigenvalue weighted by molar-refractivity contribution is -0.142. The van der Waals surface area contributed by atoms with Gasteiger partial charge in [0.05, 0.1) is 31.0 Å². The molecule has 3 heteroatoms. The minimum Gasteiger partial charge on any atom is -0.390 e. The molecule has 0 saturated carbocycles. The molecule has 134 valence electrons. The minimum absolute atomic E-state index is 0.0116. The van der Waals surface area contributed by atoms with E-state index in [9.17, 15) is 5.11 Å². The Kier molecular flexibility index (Phi) is 5.57. The fraction of sp³-hybridized carbons (Fsp3) is 0.455. The average molecular weight is 340 g/mol. The van der Waals surface area contributed by atoms with Crippen LogP contribution in [0.5, 0.6) is 0 Å². The summed E-state index contributed by atoms with van der Waals surface area (Å²) in [7, 11) is 0. The van der Waals surface area contributed by atoms with E-state index in [-0.39, 0.29) is 23.5 Å². The Bertz CT molecular complexity index is 648. The van der Waals surface area contributed by atoms with Gasteiger partial charge >= 0.3 is 0 Å². The lowest BCUT2D eigenvalue weighted by atomic mass is 9.76. The van der Waals surface area contributed by atoms with Gasteiger partial charge in [0, 0.05) is 11.8 Å². The molecule has 0 bridgehead atoms. The van der Waals surface area contributed by atoms with E-state index in [1.54, 1.807) is 0 Å². The smallest absolute Gasteiger partial charge is 0.0889 e. The zero-order valence-corrected chi connectivity index (χ0v) is 15.3. The molecule has 25 heavy (non-hydrogen) atoms. The van der Waals surface area contributed by atoms with Crippen molar-refractivity contribution in [3.05, 3.63) is 71.8 Å². The molecule has 0 aliphatic carbocycles. The van der Waals surface area contributed by atoms with E-state index >= 15 is 0 Å². The molecule has 4 atom stereocenters. The third kappa shape index (κ3) is 4.49. The van der Waals surface area contributed by atoms with Gasteiger partial charge in [-0.05, 0) is 31.9 Å². The summed E-state index contributed by atoms with van der Waals surface area (Å²) in [6.07, 6.45) is -0.669. The number of hydrogen-bond donors (Lipinski definition) is 1. The summed E-state index contributed by atoms with van der Waals surface area (Å²) in [5.74, 6) is 0.0373. The van der Waals surface area contributed by atoms with Crippen molar-refractivity contribution in [3.63, 3.8) is 0 Å². The molecule has 1 N–H and O–H groups in total. The summed E-state index contributed by atoms with van der Waals surface area (Å²) >= 11 is 0. The summed E-state index contributed by atoms with van der Waals surface area (Å²) in [6.45, 7) is 7.15. The van der Waals surface area contributed by atoms with Crippen molar-refractivity contribution >= 4 is 0 Å². The molecule has 1 aliphatic rings. The maximum atomic E-state index is 10.7. The first-order valence-corrected chi connectivity index (χ1v) is 8.99. The van der Waals surface area contributed by atoms with Crippen LogP contribution in [-0.4, -0.2) is 30.0 Å². The van der Waals surface area contributed by atoms with E-state index in [1.807, 2.05) is 36.4 Å². The monoisotopic (exact) mass is 340 g/mol. The van der Waals surface area contributed by atoms with Gasteiger partial charge in [-0.2, -0.15) is 0 Å². The van der Waals surface area contributed by atoms with Gasteiger partial charge in [-0.1, -0.05) is 60.7 Å². The molecule has 2 aromatic carbocycles. The van der Waals surface area contributed by atoms with Crippen LogP contribution in [0.1, 0.15) is 43.9 Å². The van der Waals surface area contributed by atoms with E-state index in [0.29, 0.717) is 13.2 Å². The quantitative estimate of drug-likeness (QED) is 0.900. The summed E-state index contributed by atoms with van der Waals surface area (Å²) < 4.78 is 12.2. The Morgan fingerprint density at radius 3 is 2.16 bits per heavy atom. The number of ether oxygens (including phenoxy) is 2. The zero-order valence-electron chi connectivity index (χ0n) is 15.3. The second-order valence-corrected chi connectivity index (χ2v) is 7.77. The molecule has 0 radical (unpaired) electrons. The van der Waals surface area contributed by atoms with Crippen molar-refractivity contribution in [2.24, 2.45) is 5.92 Å². The predicted octanol–water partition coefficient (Wildman–Crippen LogP) is 4.33. The Balaban J connectivity index is 1.99. The number of rotatable bonds is 4. The van der Waals surface area contributed by atoms with Crippen molar-refractivity contribution in [2.75, 3.05) is 13.2 Å². The van der Waals surface area contributed by atoms with Crippen molar-refractivity contribution in [3.8, 4) is 0 Å². The van der Waals surface area contributed by atoms with Crippen LogP contribution in [0.2, 0.25) is 0 Å². The maximum absolute atomic E-state index is 10.7. The Hall–Kier alpha value is -1.68. The van der Waals surface area contributed by atoms with Gasteiger partial charge < -0.3 is 14.6 Å². The third-order valence-corrected chi connectivity index (χ3v) is 4.66. The molecule has 1 saturated heterocycles. The van der Waals surface area contributed by atoms with Crippen LogP contribution >= 0.6 is 0 Å². The van der Waals surface area contributed by atoms with Gasteiger partial charge in [0.1, 0.15) is 0 Å². The molecule has 1 aliphatic heterocycles. The molecule has 0 amide bonds. The standard InChI is InChI=1S/C22H28O3/c1-22(2,3)25-21(17-12-8-5-9-13-17)18-14-24-15-19(23)20(18)16-10-6-4-7-11-16/h4-13,18-21,23H,14-15H2,1-3H3/t18-,19+,20+,21?/m0/s1. The Labute approximate surface area is 150 Å². The van der Waals surface area contributed by atoms with Gasteiger partial charge in [0.2, 0.25) is 0 Å². The minimum atomic E-state index is -0.532. The van der Waals surface area contributed by atoms with Crippen LogP contribution < -0.4 is 0 Å². The first-order chi connectivity index (χ1) is 12.0. The predicted molar refractivity (Wildman–Crippen MR) is 99.5 cm³/mol. The molecule has 3 rings (SSSR count). The molecule has 2 aromatic rings. The number of hydrogen-bond acceptors (Lipinski definition) is 3. The number of aliphatic hydroxyl groups excluding tert-OH is 1. The van der Waals surface area contributed by atoms with Gasteiger partial charge in [0.15, 0.2) is 0 Å². The van der Waals surface area contributed by atoms with Crippen molar-refractivity contribution < 1.29 is 14.6 Å². The van der Waals surface area contributed by atoms with Gasteiger partial charge in [-0.3, -0.25) is 0 Å². The molecule has 1 heterocycles. The Morgan fingerprint density at radius 2 is 1.56 bits per heavy atom. The highest BCUT2D eigenvalue weighted by Crippen LogP contribution is 2.43. The fourth-order valence-corrected chi connectivity index (χ4v) is 3.66. The summed E-state index contributed by atoms with van der Waals surface area (Å²) in [4.78, 5) is 0. The van der Waals surface area contributed by atoms with E-state index in [2.05, 4.69) is 45.0 Å². The van der Waals surface area contributed by atoms with Crippen molar-refractivity contribution in [1.29, 1.82) is 0 Å². The number of benzene rings is 2. The van der Waals surface area contributed by atoms with E-state index < -0.39 is 6.10 Å². The molecule has 1 fully saturated rings. The van der Waals surface area contributed by atoms with Gasteiger partial charge in [-0.25, -0.2) is 0 Å². The second-order valence-electron chi connectivity index (χ2n) is 7.77. The highest BCUT2D eigenvalue weighted by molar-refractivity contribution is 5.26. The van der Waals surface area contributed by atoms with Gasteiger partial charge in [-0.15, -0.1) is 0 Å². The molecule has 0 aromatic heterocycles. The summed E-state index contributed by atoms with van der Waals surface area (Å²) in [6, 6.07) is 20.5. The van der Waals surface area contributed by atoms with Crippen LogP contribution in [-0.2, 0) is 9.47 Å². The third-order valence-electron chi connectivity index (χ3n) is 4.66. The maximum Gasteiger partial charge on any atom is 0.0889 e. The van der Waals surface area contributed by atoms with Crippen LogP contribution in [0, 0.1) is 5.92 Å². The SMILES string of the molecule is CC(C)(C)OC(c1ccccc1)[C@H]1COC[C@@H](O)[C@@H]1c1ccccc1. The highest BCUT2D eigenvalue weighted by Gasteiger charge is 2.41. The first-order valence-electron chi connectivity index (χ1n) is 8.99. The Morgan fingerprint density at radius 1 is 0.960 bits per heavy atom. The highest BCUT2D eigenvalue weighted by atomic mass is 16.5. The second kappa shape index (κ2) is 7.69. The van der Waals surface area contributed by atoms with Crippen LogP contribution in [0.25, 0.3) is 0 Å².